The predicted molar refractivity (Wildman–Crippen MR) is 80.0 cm³/mol. The summed E-state index contributed by atoms with van der Waals surface area (Å²) in [6, 6.07) is 11.7. The van der Waals surface area contributed by atoms with Crippen LogP contribution < -0.4 is 0 Å². The molecule has 1 N–H and O–H groups in total. The topological polar surface area (TPSA) is 53.7 Å². The Labute approximate surface area is 124 Å². The fraction of sp³-hybridized carbons (Fsp3) is 0.353. The van der Waals surface area contributed by atoms with Gasteiger partial charge in [-0.1, -0.05) is 31.2 Å². The smallest absolute Gasteiger partial charge is 0.289 e. The number of carbonyl (C=O) groups excluding carboxylic acids is 1. The minimum Gasteiger partial charge on any atom is -0.451 e. The van der Waals surface area contributed by atoms with Crippen LogP contribution in [0.2, 0.25) is 0 Å². The Morgan fingerprint density at radius 1 is 1.29 bits per heavy atom. The Morgan fingerprint density at radius 3 is 2.67 bits per heavy atom. The van der Waals surface area contributed by atoms with Gasteiger partial charge in [0.25, 0.3) is 5.91 Å². The molecule has 4 heteroatoms. The molecular formula is C17H19NO3. The van der Waals surface area contributed by atoms with E-state index < -0.39 is 6.10 Å². The van der Waals surface area contributed by atoms with Gasteiger partial charge in [-0.2, -0.15) is 0 Å². The van der Waals surface area contributed by atoms with Gasteiger partial charge in [-0.3, -0.25) is 4.79 Å². The highest BCUT2D eigenvalue weighted by atomic mass is 16.4. The number of rotatable bonds is 3. The van der Waals surface area contributed by atoms with Crippen LogP contribution in [0.25, 0.3) is 11.3 Å². The van der Waals surface area contributed by atoms with Gasteiger partial charge in [0.2, 0.25) is 0 Å². The van der Waals surface area contributed by atoms with Crippen molar-refractivity contribution in [2.45, 2.75) is 25.9 Å². The summed E-state index contributed by atoms with van der Waals surface area (Å²) in [6.45, 7) is 3.09. The second-order valence-electron chi connectivity index (χ2n) is 5.41. The van der Waals surface area contributed by atoms with Crippen molar-refractivity contribution in [2.24, 2.45) is 0 Å². The predicted octanol–water partition coefficient (Wildman–Crippen LogP) is 2.72. The average molecular weight is 285 g/mol. The summed E-state index contributed by atoms with van der Waals surface area (Å²) in [6.07, 6.45) is 1.22. The van der Waals surface area contributed by atoms with E-state index in [1.54, 1.807) is 11.0 Å². The summed E-state index contributed by atoms with van der Waals surface area (Å²) in [7, 11) is 0. The lowest BCUT2D eigenvalue weighted by Crippen LogP contribution is -2.29. The van der Waals surface area contributed by atoms with Crippen molar-refractivity contribution < 1.29 is 14.3 Å². The zero-order chi connectivity index (χ0) is 14.8. The second-order valence-corrected chi connectivity index (χ2v) is 5.41. The van der Waals surface area contributed by atoms with Crippen molar-refractivity contribution in [1.82, 2.24) is 4.90 Å². The van der Waals surface area contributed by atoms with E-state index in [2.05, 4.69) is 19.1 Å². The maximum Gasteiger partial charge on any atom is 0.289 e. The fourth-order valence-corrected chi connectivity index (χ4v) is 2.59. The molecule has 2 aromatic rings. The summed E-state index contributed by atoms with van der Waals surface area (Å²) >= 11 is 0. The van der Waals surface area contributed by atoms with E-state index >= 15 is 0 Å². The first kappa shape index (κ1) is 13.9. The van der Waals surface area contributed by atoms with Crippen molar-refractivity contribution in [3.8, 4) is 11.3 Å². The molecule has 1 amide bonds. The fourth-order valence-electron chi connectivity index (χ4n) is 2.59. The zero-order valence-corrected chi connectivity index (χ0v) is 12.1. The quantitative estimate of drug-likeness (QED) is 0.943. The maximum absolute atomic E-state index is 12.3. The first-order valence-corrected chi connectivity index (χ1v) is 7.34. The Kier molecular flexibility index (Phi) is 3.80. The normalized spacial score (nSPS) is 18.2. The highest BCUT2D eigenvalue weighted by Crippen LogP contribution is 2.24. The lowest BCUT2D eigenvalue weighted by atomic mass is 10.1. The minimum atomic E-state index is -0.412. The van der Waals surface area contributed by atoms with Crippen LogP contribution in [-0.4, -0.2) is 35.1 Å². The van der Waals surface area contributed by atoms with Gasteiger partial charge in [-0.15, -0.1) is 0 Å². The van der Waals surface area contributed by atoms with Crippen LogP contribution in [0.1, 0.15) is 29.5 Å². The number of hydrogen-bond acceptors (Lipinski definition) is 3. The molecule has 1 saturated heterocycles. The third-order valence-electron chi connectivity index (χ3n) is 3.91. The van der Waals surface area contributed by atoms with Crippen LogP contribution in [0.3, 0.4) is 0 Å². The van der Waals surface area contributed by atoms with E-state index in [4.69, 9.17) is 4.42 Å². The molecule has 1 atom stereocenters. The van der Waals surface area contributed by atoms with Crippen molar-refractivity contribution >= 4 is 5.91 Å². The highest BCUT2D eigenvalue weighted by molar-refractivity contribution is 5.92. The molecule has 0 aliphatic carbocycles. The standard InChI is InChI=1S/C17H19NO3/c1-2-12-3-5-13(6-4-12)15-7-8-16(21-15)17(20)18-10-9-14(19)11-18/h3-8,14,19H,2,9-11H2,1H3/t14-/m1/s1. The van der Waals surface area contributed by atoms with Gasteiger partial charge in [0, 0.05) is 18.7 Å². The average Bonchev–Trinajstić information content (AvgIpc) is 3.16. The number of amides is 1. The molecule has 1 aliphatic heterocycles. The number of carbonyl (C=O) groups is 1. The van der Waals surface area contributed by atoms with Crippen LogP contribution in [0.5, 0.6) is 0 Å². The molecule has 110 valence electrons. The number of benzene rings is 1. The van der Waals surface area contributed by atoms with Crippen LogP contribution in [-0.2, 0) is 6.42 Å². The first-order chi connectivity index (χ1) is 10.2. The summed E-state index contributed by atoms with van der Waals surface area (Å²) in [5.74, 6) is 0.877. The van der Waals surface area contributed by atoms with E-state index in [9.17, 15) is 9.90 Å². The van der Waals surface area contributed by atoms with Gasteiger partial charge in [-0.25, -0.2) is 0 Å². The number of hydrogen-bond donors (Lipinski definition) is 1. The molecule has 1 aromatic heterocycles. The van der Waals surface area contributed by atoms with Gasteiger partial charge in [0.15, 0.2) is 5.76 Å². The molecule has 0 radical (unpaired) electrons. The molecule has 0 spiro atoms. The van der Waals surface area contributed by atoms with Crippen molar-refractivity contribution in [2.75, 3.05) is 13.1 Å². The monoisotopic (exact) mass is 285 g/mol. The number of β-amino-alcohol motifs (C(OH)–C–C–N with tert-alkyl or cyclic N) is 1. The molecule has 4 nitrogen and oxygen atoms in total. The summed E-state index contributed by atoms with van der Waals surface area (Å²) in [4.78, 5) is 13.9. The molecular weight excluding hydrogens is 266 g/mol. The van der Waals surface area contributed by atoms with E-state index in [0.29, 0.717) is 31.0 Å². The molecule has 1 aliphatic rings. The molecule has 2 heterocycles. The number of aryl methyl sites for hydroxylation is 1. The van der Waals surface area contributed by atoms with Crippen molar-refractivity contribution in [1.29, 1.82) is 0 Å². The first-order valence-electron chi connectivity index (χ1n) is 7.34. The van der Waals surface area contributed by atoms with Crippen LogP contribution in [0.15, 0.2) is 40.8 Å². The van der Waals surface area contributed by atoms with E-state index in [-0.39, 0.29) is 5.91 Å². The number of furan rings is 1. The Balaban J connectivity index is 1.77. The number of likely N-dealkylation sites (tertiary alicyclic amines) is 1. The molecule has 0 unspecified atom stereocenters. The van der Waals surface area contributed by atoms with Crippen LogP contribution in [0, 0.1) is 0 Å². The molecule has 0 bridgehead atoms. The molecule has 0 saturated carbocycles. The Bertz CT molecular complexity index is 630. The molecule has 3 rings (SSSR count). The summed E-state index contributed by atoms with van der Waals surface area (Å²) in [5.41, 5.74) is 2.24. The zero-order valence-electron chi connectivity index (χ0n) is 12.1. The number of nitrogens with zero attached hydrogens (tertiary/aromatic N) is 1. The Morgan fingerprint density at radius 2 is 2.05 bits per heavy atom. The van der Waals surface area contributed by atoms with Crippen molar-refractivity contribution in [3.05, 3.63) is 47.7 Å². The van der Waals surface area contributed by atoms with Gasteiger partial charge in [-0.05, 0) is 30.5 Å². The highest BCUT2D eigenvalue weighted by Gasteiger charge is 2.27. The Hall–Kier alpha value is -2.07. The summed E-state index contributed by atoms with van der Waals surface area (Å²) < 4.78 is 5.68. The maximum atomic E-state index is 12.3. The van der Waals surface area contributed by atoms with E-state index in [1.807, 2.05) is 18.2 Å². The number of aliphatic hydroxyl groups is 1. The molecule has 1 fully saturated rings. The third kappa shape index (κ3) is 2.85. The van der Waals surface area contributed by atoms with Gasteiger partial charge >= 0.3 is 0 Å². The molecule has 21 heavy (non-hydrogen) atoms. The SMILES string of the molecule is CCc1ccc(-c2ccc(C(=O)N3CC[C@@H](O)C3)o2)cc1. The van der Waals surface area contributed by atoms with Gasteiger partial charge < -0.3 is 14.4 Å². The van der Waals surface area contributed by atoms with Crippen LogP contribution >= 0.6 is 0 Å². The van der Waals surface area contributed by atoms with Gasteiger partial charge in [0.05, 0.1) is 6.10 Å². The van der Waals surface area contributed by atoms with Crippen LogP contribution in [0.4, 0.5) is 0 Å². The molecule has 1 aromatic carbocycles. The minimum absolute atomic E-state index is 0.150. The third-order valence-corrected chi connectivity index (χ3v) is 3.91. The lowest BCUT2D eigenvalue weighted by molar-refractivity contribution is 0.0735. The van der Waals surface area contributed by atoms with E-state index in [0.717, 1.165) is 12.0 Å². The number of aliphatic hydroxyl groups excluding tert-OH is 1. The van der Waals surface area contributed by atoms with Gasteiger partial charge in [0.1, 0.15) is 5.76 Å². The van der Waals surface area contributed by atoms with Crippen molar-refractivity contribution in [3.63, 3.8) is 0 Å². The summed E-state index contributed by atoms with van der Waals surface area (Å²) in [5, 5.41) is 9.50. The largest absolute Gasteiger partial charge is 0.451 e. The second kappa shape index (κ2) is 5.74. The lowest BCUT2D eigenvalue weighted by Gasteiger charge is -2.13. The van der Waals surface area contributed by atoms with E-state index in [1.165, 1.54) is 5.56 Å².